The average Bonchev–Trinajstić information content (AvgIpc) is 3.15. The first-order valence-corrected chi connectivity index (χ1v) is 9.10. The van der Waals surface area contributed by atoms with Gasteiger partial charge in [-0.05, 0) is 29.5 Å². The quantitative estimate of drug-likeness (QED) is 0.553. The van der Waals surface area contributed by atoms with Crippen LogP contribution in [0.25, 0.3) is 11.4 Å². The van der Waals surface area contributed by atoms with Crippen molar-refractivity contribution in [1.82, 2.24) is 34.9 Å². The van der Waals surface area contributed by atoms with E-state index in [4.69, 9.17) is 10.00 Å². The van der Waals surface area contributed by atoms with Crippen LogP contribution < -0.4 is 9.46 Å². The first kappa shape index (κ1) is 18.4. The number of nitrogens with one attached hydrogen (secondary N) is 1. The number of hydrogen-bond acceptors (Lipinski definition) is 9. The molecule has 0 aliphatic heterocycles. The third-order valence-corrected chi connectivity index (χ3v) is 4.83. The normalized spacial score (nSPS) is 11.1. The number of nitrogens with zero attached hydrogens (tertiary/aromatic N) is 7. The second-order valence-electron chi connectivity index (χ2n) is 5.20. The van der Waals surface area contributed by atoms with Crippen molar-refractivity contribution in [3.8, 4) is 23.3 Å². The Morgan fingerprint density at radius 1 is 1.22 bits per heavy atom. The van der Waals surface area contributed by atoms with Gasteiger partial charge in [-0.25, -0.2) is 13.4 Å². The minimum atomic E-state index is -3.72. The topological polar surface area (TPSA) is 149 Å². The zero-order chi connectivity index (χ0) is 19.3. The van der Waals surface area contributed by atoms with E-state index in [1.807, 2.05) is 0 Å². The zero-order valence-electron chi connectivity index (χ0n) is 14.1. The highest BCUT2D eigenvalue weighted by Gasteiger charge is 2.14. The SMILES string of the molecule is COc1cnc(Cn2nnc(-c3ccc(S(=O)(=O)NCC#N)cc3)n2)cn1. The molecule has 0 saturated carbocycles. The summed E-state index contributed by atoms with van der Waals surface area (Å²) in [5, 5.41) is 20.6. The van der Waals surface area contributed by atoms with E-state index in [1.165, 1.54) is 30.2 Å². The van der Waals surface area contributed by atoms with Crippen LogP contribution in [0.3, 0.4) is 0 Å². The lowest BCUT2D eigenvalue weighted by atomic mass is 10.2. The Bertz CT molecular complexity index is 1060. The minimum absolute atomic E-state index is 0.0439. The molecule has 0 aliphatic carbocycles. The molecule has 3 aromatic rings. The van der Waals surface area contributed by atoms with Crippen molar-refractivity contribution in [2.75, 3.05) is 13.7 Å². The van der Waals surface area contributed by atoms with Crippen molar-refractivity contribution in [3.05, 3.63) is 42.4 Å². The molecule has 2 aromatic heterocycles. The predicted octanol–water partition coefficient (Wildman–Crippen LogP) is -0.0111. The van der Waals surface area contributed by atoms with E-state index >= 15 is 0 Å². The molecule has 0 atom stereocenters. The Morgan fingerprint density at radius 3 is 2.63 bits per heavy atom. The number of hydrogen-bond donors (Lipinski definition) is 1. The van der Waals surface area contributed by atoms with Gasteiger partial charge in [0, 0.05) is 5.56 Å². The third kappa shape index (κ3) is 4.40. The summed E-state index contributed by atoms with van der Waals surface area (Å²) in [6.07, 6.45) is 3.04. The number of nitriles is 1. The largest absolute Gasteiger partial charge is 0.480 e. The van der Waals surface area contributed by atoms with Gasteiger partial charge < -0.3 is 4.74 Å². The van der Waals surface area contributed by atoms with Crippen LogP contribution >= 0.6 is 0 Å². The lowest BCUT2D eigenvalue weighted by molar-refractivity contribution is 0.394. The van der Waals surface area contributed by atoms with Gasteiger partial charge in [0.2, 0.25) is 21.7 Å². The van der Waals surface area contributed by atoms with Crippen LogP contribution in [0.2, 0.25) is 0 Å². The van der Waals surface area contributed by atoms with Gasteiger partial charge in [-0.1, -0.05) is 0 Å². The number of ether oxygens (including phenoxy) is 1. The highest BCUT2D eigenvalue weighted by Crippen LogP contribution is 2.17. The number of tetrazole rings is 1. The van der Waals surface area contributed by atoms with Crippen LogP contribution in [0.1, 0.15) is 5.69 Å². The van der Waals surface area contributed by atoms with Gasteiger partial charge >= 0.3 is 0 Å². The fourth-order valence-corrected chi connectivity index (χ4v) is 3.01. The Hall–Kier alpha value is -3.43. The average molecular weight is 386 g/mol. The van der Waals surface area contributed by atoms with E-state index in [1.54, 1.807) is 24.4 Å². The van der Waals surface area contributed by atoms with Crippen LogP contribution in [-0.4, -0.2) is 52.2 Å². The van der Waals surface area contributed by atoms with Crippen molar-refractivity contribution in [3.63, 3.8) is 0 Å². The minimum Gasteiger partial charge on any atom is -0.480 e. The highest BCUT2D eigenvalue weighted by atomic mass is 32.2. The number of benzene rings is 1. The molecule has 0 bridgehead atoms. The summed E-state index contributed by atoms with van der Waals surface area (Å²) >= 11 is 0. The standard InChI is InChI=1S/C15H14N8O3S/c1-26-14-9-17-12(8-18-14)10-23-21-15(20-22-23)11-2-4-13(5-3-11)27(24,25)19-7-6-16/h2-5,8-9,19H,7,10H2,1H3. The molecule has 1 N–H and O–H groups in total. The summed E-state index contributed by atoms with van der Waals surface area (Å²) < 4.78 is 31.0. The lowest BCUT2D eigenvalue weighted by Gasteiger charge is -2.03. The van der Waals surface area contributed by atoms with E-state index in [-0.39, 0.29) is 18.0 Å². The molecule has 27 heavy (non-hydrogen) atoms. The molecule has 3 rings (SSSR count). The Kier molecular flexibility index (Phi) is 5.34. The monoisotopic (exact) mass is 386 g/mol. The molecule has 0 spiro atoms. The summed E-state index contributed by atoms with van der Waals surface area (Å²) in [6.45, 7) is -0.0250. The second kappa shape index (κ2) is 7.85. The van der Waals surface area contributed by atoms with E-state index in [0.29, 0.717) is 23.0 Å². The number of methoxy groups -OCH3 is 1. The Labute approximate surface area is 154 Å². The Balaban J connectivity index is 1.73. The molecule has 138 valence electrons. The molecule has 11 nitrogen and oxygen atoms in total. The maximum absolute atomic E-state index is 12.0. The number of aromatic nitrogens is 6. The lowest BCUT2D eigenvalue weighted by Crippen LogP contribution is -2.23. The van der Waals surface area contributed by atoms with Crippen LogP contribution in [-0.2, 0) is 16.6 Å². The van der Waals surface area contributed by atoms with Gasteiger partial charge in [-0.3, -0.25) is 4.98 Å². The van der Waals surface area contributed by atoms with Gasteiger partial charge in [-0.2, -0.15) is 14.8 Å². The van der Waals surface area contributed by atoms with Crippen LogP contribution in [0.4, 0.5) is 0 Å². The van der Waals surface area contributed by atoms with Gasteiger partial charge in [-0.15, -0.1) is 10.2 Å². The van der Waals surface area contributed by atoms with Crippen LogP contribution in [0, 0.1) is 11.3 Å². The molecule has 0 amide bonds. The highest BCUT2D eigenvalue weighted by molar-refractivity contribution is 7.89. The van der Waals surface area contributed by atoms with Crippen molar-refractivity contribution >= 4 is 10.0 Å². The predicted molar refractivity (Wildman–Crippen MR) is 91.7 cm³/mol. The smallest absolute Gasteiger partial charge is 0.241 e. The molecule has 0 radical (unpaired) electrons. The van der Waals surface area contributed by atoms with Crippen LogP contribution in [0.5, 0.6) is 5.88 Å². The van der Waals surface area contributed by atoms with Gasteiger partial charge in [0.25, 0.3) is 0 Å². The van der Waals surface area contributed by atoms with Crippen molar-refractivity contribution in [1.29, 1.82) is 5.26 Å². The third-order valence-electron chi connectivity index (χ3n) is 3.41. The summed E-state index contributed by atoms with van der Waals surface area (Å²) in [7, 11) is -2.22. The maximum Gasteiger partial charge on any atom is 0.241 e. The fraction of sp³-hybridized carbons (Fsp3) is 0.200. The first-order valence-electron chi connectivity index (χ1n) is 7.61. The molecular formula is C15H14N8O3S. The zero-order valence-corrected chi connectivity index (χ0v) is 15.0. The van der Waals surface area contributed by atoms with Gasteiger partial charge in [0.1, 0.15) is 6.54 Å². The van der Waals surface area contributed by atoms with E-state index in [2.05, 4.69) is 30.1 Å². The van der Waals surface area contributed by atoms with Crippen molar-refractivity contribution < 1.29 is 13.2 Å². The van der Waals surface area contributed by atoms with Crippen LogP contribution in [0.15, 0.2) is 41.6 Å². The Morgan fingerprint density at radius 2 is 2.00 bits per heavy atom. The molecule has 0 aliphatic rings. The number of sulfonamides is 1. The first-order chi connectivity index (χ1) is 13.0. The summed E-state index contributed by atoms with van der Waals surface area (Å²) in [5.74, 6) is 0.746. The number of rotatable bonds is 7. The summed E-state index contributed by atoms with van der Waals surface area (Å²) in [4.78, 5) is 9.63. The summed E-state index contributed by atoms with van der Waals surface area (Å²) in [6, 6.07) is 7.67. The van der Waals surface area contributed by atoms with E-state index in [9.17, 15) is 8.42 Å². The van der Waals surface area contributed by atoms with Crippen molar-refractivity contribution in [2.24, 2.45) is 0 Å². The van der Waals surface area contributed by atoms with E-state index in [0.717, 1.165) is 0 Å². The molecule has 2 heterocycles. The summed E-state index contributed by atoms with van der Waals surface area (Å²) in [5.41, 5.74) is 1.23. The molecule has 0 saturated heterocycles. The van der Waals surface area contributed by atoms with E-state index < -0.39 is 10.0 Å². The molecular weight excluding hydrogens is 372 g/mol. The molecule has 1 aromatic carbocycles. The molecule has 0 unspecified atom stereocenters. The van der Waals surface area contributed by atoms with Gasteiger partial charge in [0.15, 0.2) is 0 Å². The van der Waals surface area contributed by atoms with Crippen molar-refractivity contribution in [2.45, 2.75) is 11.4 Å². The molecule has 0 fully saturated rings. The fourth-order valence-electron chi connectivity index (χ4n) is 2.09. The molecule has 12 heteroatoms. The van der Waals surface area contributed by atoms with Gasteiger partial charge in [0.05, 0.1) is 42.7 Å². The maximum atomic E-state index is 12.0. The second-order valence-corrected chi connectivity index (χ2v) is 6.97.